The van der Waals surface area contributed by atoms with Gasteiger partial charge in [0.15, 0.2) is 22.3 Å². The van der Waals surface area contributed by atoms with E-state index in [2.05, 4.69) is 34.4 Å². The zero-order valence-corrected chi connectivity index (χ0v) is 19.2. The summed E-state index contributed by atoms with van der Waals surface area (Å²) in [7, 11) is 0. The van der Waals surface area contributed by atoms with Gasteiger partial charge in [-0.3, -0.25) is 0 Å². The number of hydrogen-bond acceptors (Lipinski definition) is 6. The summed E-state index contributed by atoms with van der Waals surface area (Å²) in [5, 5.41) is 5.80. The van der Waals surface area contributed by atoms with Crippen LogP contribution in [0.1, 0.15) is 31.5 Å². The number of thiocarbonyl (C=S) groups is 1. The molecule has 1 aromatic carbocycles. The fourth-order valence-corrected chi connectivity index (χ4v) is 4.34. The van der Waals surface area contributed by atoms with E-state index >= 15 is 0 Å². The van der Waals surface area contributed by atoms with Crippen molar-refractivity contribution in [3.63, 3.8) is 0 Å². The predicted octanol–water partition coefficient (Wildman–Crippen LogP) is 4.24. The Morgan fingerprint density at radius 3 is 2.48 bits per heavy atom. The maximum Gasteiger partial charge on any atom is 0.433 e. The topological polar surface area (TPSA) is 71.5 Å². The van der Waals surface area contributed by atoms with E-state index < -0.39 is 11.9 Å². The molecule has 0 radical (unpaired) electrons. The Hall–Kier alpha value is -2.82. The monoisotopic (exact) mass is 481 g/mol. The molecule has 1 fully saturated rings. The van der Waals surface area contributed by atoms with Gasteiger partial charge in [0.2, 0.25) is 5.95 Å². The van der Waals surface area contributed by atoms with E-state index in [9.17, 15) is 13.2 Å². The van der Waals surface area contributed by atoms with Crippen molar-refractivity contribution in [3.05, 3.63) is 35.5 Å². The summed E-state index contributed by atoms with van der Waals surface area (Å²) in [4.78, 5) is 9.87. The maximum absolute atomic E-state index is 13.5. The lowest BCUT2D eigenvalue weighted by atomic mass is 9.92. The number of alkyl halides is 3. The minimum absolute atomic E-state index is 0.121. The van der Waals surface area contributed by atoms with Gasteiger partial charge in [0.25, 0.3) is 0 Å². The quantitative estimate of drug-likeness (QED) is 0.629. The number of fused-ring (bicyclic) bond motifs is 1. The zero-order valence-electron chi connectivity index (χ0n) is 18.4. The SMILES string of the molecule is C[C@@H]1C[C@H](C)CN(c2cc(C(F)(F)F)nc(NC(=S)NCc3ccc4c(c3)OCCO4)n2)C1. The van der Waals surface area contributed by atoms with Gasteiger partial charge in [0, 0.05) is 25.7 Å². The Balaban J connectivity index is 1.46. The number of rotatable bonds is 4. The molecule has 0 unspecified atom stereocenters. The van der Waals surface area contributed by atoms with E-state index in [1.165, 1.54) is 0 Å². The van der Waals surface area contributed by atoms with Crippen LogP contribution in [-0.2, 0) is 12.7 Å². The van der Waals surface area contributed by atoms with Gasteiger partial charge in [0.1, 0.15) is 19.0 Å². The van der Waals surface area contributed by atoms with Crippen LogP contribution in [0.3, 0.4) is 0 Å². The lowest BCUT2D eigenvalue weighted by Gasteiger charge is -2.36. The number of hydrogen-bond donors (Lipinski definition) is 2. The van der Waals surface area contributed by atoms with E-state index in [-0.39, 0.29) is 16.9 Å². The highest BCUT2D eigenvalue weighted by Crippen LogP contribution is 2.33. The first-order valence-electron chi connectivity index (χ1n) is 10.8. The highest BCUT2D eigenvalue weighted by molar-refractivity contribution is 7.80. The Morgan fingerprint density at radius 2 is 1.79 bits per heavy atom. The molecule has 11 heteroatoms. The molecule has 0 spiro atoms. The van der Waals surface area contributed by atoms with Crippen LogP contribution >= 0.6 is 12.2 Å². The summed E-state index contributed by atoms with van der Waals surface area (Å²) in [5.41, 5.74) is -0.124. The van der Waals surface area contributed by atoms with Gasteiger partial charge < -0.3 is 25.0 Å². The fraction of sp³-hybridized carbons (Fsp3) is 0.500. The standard InChI is InChI=1S/C22H26F3N5O2S/c1-13-7-14(2)12-30(11-13)19-9-18(22(23,24)25)27-20(28-19)29-21(33)26-10-15-3-4-16-17(8-15)32-6-5-31-16/h3-4,8-9,13-14H,5-7,10-12H2,1-2H3,(H2,26,27,28,29,33)/t13-,14+. The third-order valence-corrected chi connectivity index (χ3v) is 5.73. The maximum atomic E-state index is 13.5. The number of nitrogens with zero attached hydrogens (tertiary/aromatic N) is 3. The minimum atomic E-state index is -4.60. The molecule has 33 heavy (non-hydrogen) atoms. The number of piperidine rings is 1. The van der Waals surface area contributed by atoms with Crippen LogP contribution in [0.25, 0.3) is 0 Å². The lowest BCUT2D eigenvalue weighted by molar-refractivity contribution is -0.141. The Labute approximate surface area is 195 Å². The molecule has 2 atom stereocenters. The van der Waals surface area contributed by atoms with Crippen LogP contribution in [0.4, 0.5) is 24.9 Å². The Morgan fingerprint density at radius 1 is 1.09 bits per heavy atom. The van der Waals surface area contributed by atoms with Crippen molar-refractivity contribution in [1.82, 2.24) is 15.3 Å². The highest BCUT2D eigenvalue weighted by atomic mass is 32.1. The van der Waals surface area contributed by atoms with Crippen molar-refractivity contribution in [2.45, 2.75) is 33.0 Å². The third-order valence-electron chi connectivity index (χ3n) is 5.48. The molecule has 2 aliphatic rings. The molecule has 2 aromatic rings. The van der Waals surface area contributed by atoms with E-state index in [0.29, 0.717) is 56.2 Å². The molecule has 0 saturated carbocycles. The molecule has 1 saturated heterocycles. The van der Waals surface area contributed by atoms with Crippen LogP contribution in [0.2, 0.25) is 0 Å². The van der Waals surface area contributed by atoms with Gasteiger partial charge in [-0.05, 0) is 48.2 Å². The molecule has 7 nitrogen and oxygen atoms in total. The first kappa shape index (κ1) is 23.3. The average molecular weight is 482 g/mol. The van der Waals surface area contributed by atoms with Crippen molar-refractivity contribution in [1.29, 1.82) is 0 Å². The van der Waals surface area contributed by atoms with Gasteiger partial charge in [0.05, 0.1) is 0 Å². The van der Waals surface area contributed by atoms with Gasteiger partial charge in [-0.1, -0.05) is 19.9 Å². The summed E-state index contributed by atoms with van der Waals surface area (Å²) in [6.45, 7) is 6.79. The number of aromatic nitrogens is 2. The molecule has 0 bridgehead atoms. The molecule has 178 valence electrons. The zero-order chi connectivity index (χ0) is 23.6. The third kappa shape index (κ3) is 5.95. The Bertz CT molecular complexity index is 1010. The summed E-state index contributed by atoms with van der Waals surface area (Å²) in [6, 6.07) is 6.51. The summed E-state index contributed by atoms with van der Waals surface area (Å²) < 4.78 is 51.6. The fourth-order valence-electron chi connectivity index (χ4n) is 4.17. The second-order valence-electron chi connectivity index (χ2n) is 8.57. The molecule has 1 aromatic heterocycles. The molecule has 4 rings (SSSR count). The van der Waals surface area contributed by atoms with Gasteiger partial charge >= 0.3 is 6.18 Å². The lowest BCUT2D eigenvalue weighted by Crippen LogP contribution is -2.39. The number of halogens is 3. The molecule has 3 heterocycles. The van der Waals surface area contributed by atoms with Gasteiger partial charge in [-0.15, -0.1) is 0 Å². The second kappa shape index (κ2) is 9.58. The predicted molar refractivity (Wildman–Crippen MR) is 123 cm³/mol. The van der Waals surface area contributed by atoms with Crippen molar-refractivity contribution >= 4 is 29.1 Å². The average Bonchev–Trinajstić information content (AvgIpc) is 2.76. The molecule has 0 aliphatic carbocycles. The molecule has 0 amide bonds. The summed E-state index contributed by atoms with van der Waals surface area (Å²) in [6.07, 6.45) is -3.56. The van der Waals surface area contributed by atoms with Crippen LogP contribution in [0.15, 0.2) is 24.3 Å². The number of ether oxygens (including phenoxy) is 2. The van der Waals surface area contributed by atoms with Crippen molar-refractivity contribution in [2.24, 2.45) is 11.8 Å². The molecule has 2 N–H and O–H groups in total. The first-order valence-corrected chi connectivity index (χ1v) is 11.2. The van der Waals surface area contributed by atoms with Crippen LogP contribution in [-0.4, -0.2) is 41.4 Å². The number of anilines is 2. The Kier molecular flexibility index (Phi) is 6.78. The van der Waals surface area contributed by atoms with Crippen LogP contribution < -0.4 is 25.0 Å². The van der Waals surface area contributed by atoms with Crippen molar-refractivity contribution in [3.8, 4) is 11.5 Å². The van der Waals surface area contributed by atoms with Crippen LogP contribution in [0, 0.1) is 11.8 Å². The smallest absolute Gasteiger partial charge is 0.433 e. The van der Waals surface area contributed by atoms with Crippen molar-refractivity contribution < 1.29 is 22.6 Å². The van der Waals surface area contributed by atoms with E-state index in [1.807, 2.05) is 23.1 Å². The summed E-state index contributed by atoms with van der Waals surface area (Å²) >= 11 is 5.28. The van der Waals surface area contributed by atoms with Crippen LogP contribution in [0.5, 0.6) is 11.5 Å². The normalized spacial score (nSPS) is 20.3. The van der Waals surface area contributed by atoms with E-state index in [0.717, 1.165) is 18.1 Å². The van der Waals surface area contributed by atoms with Crippen molar-refractivity contribution in [2.75, 3.05) is 36.5 Å². The highest BCUT2D eigenvalue weighted by Gasteiger charge is 2.35. The minimum Gasteiger partial charge on any atom is -0.486 e. The van der Waals surface area contributed by atoms with E-state index in [4.69, 9.17) is 21.7 Å². The second-order valence-corrected chi connectivity index (χ2v) is 8.98. The first-order chi connectivity index (χ1) is 15.7. The number of benzene rings is 1. The molecule has 2 aliphatic heterocycles. The van der Waals surface area contributed by atoms with Gasteiger partial charge in [-0.2, -0.15) is 18.2 Å². The summed E-state index contributed by atoms with van der Waals surface area (Å²) in [5.74, 6) is 2.11. The van der Waals surface area contributed by atoms with E-state index in [1.54, 1.807) is 0 Å². The number of nitrogens with one attached hydrogen (secondary N) is 2. The molecular weight excluding hydrogens is 455 g/mol. The largest absolute Gasteiger partial charge is 0.486 e. The van der Waals surface area contributed by atoms with Gasteiger partial charge in [-0.25, -0.2) is 4.98 Å². The molecular formula is C22H26F3N5O2S.